The van der Waals surface area contributed by atoms with Gasteiger partial charge >= 0.3 is 0 Å². The minimum Gasteiger partial charge on any atom is -0.339 e. The van der Waals surface area contributed by atoms with Crippen molar-refractivity contribution in [3.8, 4) is 0 Å². The number of likely N-dealkylation sites (tertiary alicyclic amines) is 1. The van der Waals surface area contributed by atoms with E-state index in [1.54, 1.807) is 19.3 Å². The van der Waals surface area contributed by atoms with Crippen LogP contribution < -0.4 is 4.90 Å². The quantitative estimate of drug-likeness (QED) is 0.809. The van der Waals surface area contributed by atoms with Gasteiger partial charge in [-0.1, -0.05) is 6.92 Å². The molecule has 2 saturated heterocycles. The van der Waals surface area contributed by atoms with Crippen LogP contribution in [-0.2, 0) is 4.79 Å². The van der Waals surface area contributed by atoms with Crippen molar-refractivity contribution in [2.24, 2.45) is 5.92 Å². The van der Waals surface area contributed by atoms with Crippen LogP contribution in [0.15, 0.2) is 12.4 Å². The summed E-state index contributed by atoms with van der Waals surface area (Å²) in [6, 6.07) is 0. The Morgan fingerprint density at radius 3 is 2.29 bits per heavy atom. The number of piperidine rings is 1. The van der Waals surface area contributed by atoms with E-state index in [9.17, 15) is 9.59 Å². The van der Waals surface area contributed by atoms with Gasteiger partial charge in [-0.15, -0.1) is 0 Å². The summed E-state index contributed by atoms with van der Waals surface area (Å²) in [5.41, 5.74) is 0.551. The van der Waals surface area contributed by atoms with Crippen molar-refractivity contribution >= 4 is 17.8 Å². The van der Waals surface area contributed by atoms with Crippen molar-refractivity contribution in [3.05, 3.63) is 18.0 Å². The lowest BCUT2D eigenvalue weighted by atomic mass is 10.00. The molecule has 7 nitrogen and oxygen atoms in total. The molecule has 24 heavy (non-hydrogen) atoms. The molecule has 2 amide bonds. The van der Waals surface area contributed by atoms with Crippen LogP contribution in [0.1, 0.15) is 37.0 Å². The maximum absolute atomic E-state index is 12.5. The fourth-order valence-electron chi connectivity index (χ4n) is 3.37. The van der Waals surface area contributed by atoms with Gasteiger partial charge in [0.05, 0.1) is 5.56 Å². The van der Waals surface area contributed by atoms with Crippen molar-refractivity contribution in [3.63, 3.8) is 0 Å². The molecule has 7 heteroatoms. The van der Waals surface area contributed by atoms with Crippen LogP contribution >= 0.6 is 0 Å². The molecule has 0 aliphatic carbocycles. The summed E-state index contributed by atoms with van der Waals surface area (Å²) in [5.74, 6) is 1.31. The molecular formula is C17H25N5O2. The Morgan fingerprint density at radius 2 is 1.71 bits per heavy atom. The lowest BCUT2D eigenvalue weighted by Crippen LogP contribution is -2.48. The molecule has 0 N–H and O–H groups in total. The Morgan fingerprint density at radius 1 is 1.04 bits per heavy atom. The molecule has 3 heterocycles. The number of piperazine rings is 1. The number of carbonyl (C=O) groups excluding carboxylic acids is 2. The molecule has 2 aliphatic rings. The van der Waals surface area contributed by atoms with E-state index < -0.39 is 0 Å². The Hall–Kier alpha value is -2.18. The van der Waals surface area contributed by atoms with Gasteiger partial charge in [0.1, 0.15) is 0 Å². The number of anilines is 1. The molecular weight excluding hydrogens is 306 g/mol. The van der Waals surface area contributed by atoms with Gasteiger partial charge in [0.15, 0.2) is 0 Å². The van der Waals surface area contributed by atoms with Crippen LogP contribution in [0.25, 0.3) is 0 Å². The topological polar surface area (TPSA) is 69.6 Å². The average Bonchev–Trinajstić information content (AvgIpc) is 2.61. The summed E-state index contributed by atoms with van der Waals surface area (Å²) < 4.78 is 0. The summed E-state index contributed by atoms with van der Waals surface area (Å²) >= 11 is 0. The first kappa shape index (κ1) is 16.7. The van der Waals surface area contributed by atoms with E-state index in [2.05, 4.69) is 21.8 Å². The molecule has 2 aliphatic heterocycles. The Labute approximate surface area is 142 Å². The molecule has 0 saturated carbocycles. The third-order valence-electron chi connectivity index (χ3n) is 4.84. The second-order valence-electron chi connectivity index (χ2n) is 6.76. The van der Waals surface area contributed by atoms with Gasteiger partial charge in [-0.25, -0.2) is 9.97 Å². The predicted octanol–water partition coefficient (Wildman–Crippen LogP) is 1.02. The molecule has 0 radical (unpaired) electrons. The van der Waals surface area contributed by atoms with E-state index in [1.807, 2.05) is 9.80 Å². The fraction of sp³-hybridized carbons (Fsp3) is 0.647. The maximum atomic E-state index is 12.5. The first-order chi connectivity index (χ1) is 11.5. The standard InChI is InChI=1S/C17H25N5O2/c1-13-4-3-5-22(12-13)16(24)15-10-18-17(19-11-15)21-8-6-20(7-9-21)14(2)23/h10-11,13H,3-9,12H2,1-2H3. The van der Waals surface area contributed by atoms with Crippen molar-refractivity contribution in [1.29, 1.82) is 0 Å². The lowest BCUT2D eigenvalue weighted by Gasteiger charge is -2.34. The third-order valence-corrected chi connectivity index (χ3v) is 4.84. The number of nitrogens with zero attached hydrogens (tertiary/aromatic N) is 5. The zero-order valence-corrected chi connectivity index (χ0v) is 14.4. The number of hydrogen-bond donors (Lipinski definition) is 0. The van der Waals surface area contributed by atoms with Crippen molar-refractivity contribution in [2.45, 2.75) is 26.7 Å². The monoisotopic (exact) mass is 331 g/mol. The average molecular weight is 331 g/mol. The van der Waals surface area contributed by atoms with E-state index in [0.29, 0.717) is 30.5 Å². The van der Waals surface area contributed by atoms with E-state index in [4.69, 9.17) is 0 Å². The highest BCUT2D eigenvalue weighted by atomic mass is 16.2. The van der Waals surface area contributed by atoms with Crippen molar-refractivity contribution in [2.75, 3.05) is 44.2 Å². The first-order valence-electron chi connectivity index (χ1n) is 8.66. The number of amides is 2. The molecule has 0 spiro atoms. The Bertz CT molecular complexity index is 596. The van der Waals surface area contributed by atoms with Gasteiger partial charge in [-0.2, -0.15) is 0 Å². The molecule has 130 valence electrons. The largest absolute Gasteiger partial charge is 0.339 e. The number of aromatic nitrogens is 2. The molecule has 1 unspecified atom stereocenters. The fourth-order valence-corrected chi connectivity index (χ4v) is 3.37. The van der Waals surface area contributed by atoms with E-state index in [-0.39, 0.29) is 11.8 Å². The van der Waals surface area contributed by atoms with Crippen molar-refractivity contribution < 1.29 is 9.59 Å². The normalized spacial score (nSPS) is 21.8. The first-order valence-corrected chi connectivity index (χ1v) is 8.66. The SMILES string of the molecule is CC(=O)N1CCN(c2ncc(C(=O)N3CCCC(C)C3)cn2)CC1. The van der Waals surface area contributed by atoms with Crippen LogP contribution in [-0.4, -0.2) is 70.9 Å². The predicted molar refractivity (Wildman–Crippen MR) is 90.8 cm³/mol. The Balaban J connectivity index is 1.61. The lowest BCUT2D eigenvalue weighted by molar-refractivity contribution is -0.129. The van der Waals surface area contributed by atoms with Crippen LogP contribution in [0.3, 0.4) is 0 Å². The van der Waals surface area contributed by atoms with E-state index in [0.717, 1.165) is 32.6 Å². The summed E-state index contributed by atoms with van der Waals surface area (Å²) in [7, 11) is 0. The molecule has 0 aromatic carbocycles. The zero-order valence-electron chi connectivity index (χ0n) is 14.4. The smallest absolute Gasteiger partial charge is 0.257 e. The highest BCUT2D eigenvalue weighted by Gasteiger charge is 2.24. The molecule has 3 rings (SSSR count). The van der Waals surface area contributed by atoms with Crippen LogP contribution in [0.5, 0.6) is 0 Å². The van der Waals surface area contributed by atoms with Crippen LogP contribution in [0.4, 0.5) is 5.95 Å². The highest BCUT2D eigenvalue weighted by molar-refractivity contribution is 5.93. The molecule has 1 atom stereocenters. The summed E-state index contributed by atoms with van der Waals surface area (Å²) in [4.78, 5) is 38.4. The van der Waals surface area contributed by atoms with Crippen LogP contribution in [0, 0.1) is 5.92 Å². The Kier molecular flexibility index (Phi) is 4.97. The highest BCUT2D eigenvalue weighted by Crippen LogP contribution is 2.18. The summed E-state index contributed by atoms with van der Waals surface area (Å²) in [6.45, 7) is 8.21. The minimum absolute atomic E-state index is 0.0227. The number of carbonyl (C=O) groups is 2. The van der Waals surface area contributed by atoms with E-state index in [1.165, 1.54) is 6.42 Å². The maximum Gasteiger partial charge on any atom is 0.257 e. The van der Waals surface area contributed by atoms with Gasteiger partial charge < -0.3 is 14.7 Å². The van der Waals surface area contributed by atoms with E-state index >= 15 is 0 Å². The second-order valence-corrected chi connectivity index (χ2v) is 6.76. The van der Waals surface area contributed by atoms with Gasteiger partial charge in [0.25, 0.3) is 5.91 Å². The minimum atomic E-state index is 0.0227. The van der Waals surface area contributed by atoms with Gasteiger partial charge in [0.2, 0.25) is 11.9 Å². The summed E-state index contributed by atoms with van der Waals surface area (Å²) in [6.07, 6.45) is 5.50. The molecule has 1 aromatic heterocycles. The zero-order chi connectivity index (χ0) is 17.1. The van der Waals surface area contributed by atoms with Gasteiger partial charge in [0, 0.05) is 58.6 Å². The molecule has 2 fully saturated rings. The summed E-state index contributed by atoms with van der Waals surface area (Å²) in [5, 5.41) is 0. The van der Waals surface area contributed by atoms with Gasteiger partial charge in [-0.3, -0.25) is 9.59 Å². The number of hydrogen-bond acceptors (Lipinski definition) is 5. The number of rotatable bonds is 2. The van der Waals surface area contributed by atoms with Crippen molar-refractivity contribution in [1.82, 2.24) is 19.8 Å². The molecule has 1 aromatic rings. The van der Waals surface area contributed by atoms with Crippen LogP contribution in [0.2, 0.25) is 0 Å². The third kappa shape index (κ3) is 3.66. The van der Waals surface area contributed by atoms with Gasteiger partial charge in [-0.05, 0) is 18.8 Å². The molecule has 0 bridgehead atoms. The second kappa shape index (κ2) is 7.15.